The van der Waals surface area contributed by atoms with Crippen molar-refractivity contribution in [2.24, 2.45) is 5.10 Å². The summed E-state index contributed by atoms with van der Waals surface area (Å²) in [5, 5.41) is 12.6. The molecule has 0 fully saturated rings. The maximum absolute atomic E-state index is 12.7. The van der Waals surface area contributed by atoms with Crippen molar-refractivity contribution in [2.45, 2.75) is 32.5 Å². The Bertz CT molecular complexity index is 800. The zero-order valence-corrected chi connectivity index (χ0v) is 14.5. The largest absolute Gasteiger partial charge is 0.486 e. The van der Waals surface area contributed by atoms with Crippen LogP contribution in [0.2, 0.25) is 0 Å². The van der Waals surface area contributed by atoms with Crippen molar-refractivity contribution < 1.29 is 32.2 Å². The van der Waals surface area contributed by atoms with Crippen LogP contribution in [0.1, 0.15) is 41.6 Å². The molecule has 6 nitrogen and oxygen atoms in total. The first-order valence-corrected chi connectivity index (χ1v) is 8.12. The van der Waals surface area contributed by atoms with E-state index in [4.69, 9.17) is 14.3 Å². The molecule has 1 heterocycles. The summed E-state index contributed by atoms with van der Waals surface area (Å²) in [4.78, 5) is 11.9. The topological polar surface area (TPSA) is 84.1 Å². The molecule has 0 spiro atoms. The average molecular weight is 384 g/mol. The molecular formula is C18H19F3N2O4. The minimum Gasteiger partial charge on any atom is -0.486 e. The summed E-state index contributed by atoms with van der Waals surface area (Å²) in [5.41, 5.74) is 2.17. The molecule has 0 saturated carbocycles. The highest BCUT2D eigenvalue weighted by atomic mass is 19.4. The summed E-state index contributed by atoms with van der Waals surface area (Å²) < 4.78 is 48.6. The molecule has 1 aromatic heterocycles. The molecule has 0 saturated heterocycles. The van der Waals surface area contributed by atoms with Crippen molar-refractivity contribution in [3.8, 4) is 5.75 Å². The molecule has 0 aliphatic carbocycles. The standard InChI is InChI=1S/C18H19F3N2O4/c1-12(4-3-9-24)22-23-17(25)16-8-7-15(27-16)11-26-14-6-2-5-13(10-14)18(19,20)21/h2,5-8,10,24H,3-4,9,11H2,1H3,(H,23,25). The Labute approximate surface area is 153 Å². The van der Waals surface area contributed by atoms with Crippen LogP contribution >= 0.6 is 0 Å². The number of ether oxygens (including phenoxy) is 1. The van der Waals surface area contributed by atoms with Gasteiger partial charge >= 0.3 is 12.1 Å². The van der Waals surface area contributed by atoms with E-state index >= 15 is 0 Å². The van der Waals surface area contributed by atoms with Crippen LogP contribution in [0.4, 0.5) is 13.2 Å². The summed E-state index contributed by atoms with van der Waals surface area (Å²) in [6.07, 6.45) is -3.36. The van der Waals surface area contributed by atoms with Gasteiger partial charge in [0, 0.05) is 12.3 Å². The number of aliphatic hydroxyl groups excluding tert-OH is 1. The fraction of sp³-hybridized carbons (Fsp3) is 0.333. The molecule has 0 radical (unpaired) electrons. The molecule has 2 aromatic rings. The second-order valence-electron chi connectivity index (χ2n) is 5.70. The number of hydrogen-bond acceptors (Lipinski definition) is 5. The van der Waals surface area contributed by atoms with Gasteiger partial charge < -0.3 is 14.3 Å². The van der Waals surface area contributed by atoms with Crippen LogP contribution in [-0.2, 0) is 12.8 Å². The van der Waals surface area contributed by atoms with Gasteiger partial charge in [0.2, 0.25) is 0 Å². The minimum atomic E-state index is -4.45. The number of carbonyl (C=O) groups excluding carboxylic acids is 1. The van der Waals surface area contributed by atoms with E-state index in [1.807, 2.05) is 0 Å². The first kappa shape index (κ1) is 20.5. The van der Waals surface area contributed by atoms with Crippen LogP contribution in [0.5, 0.6) is 5.75 Å². The summed E-state index contributed by atoms with van der Waals surface area (Å²) in [5.74, 6) is -0.255. The molecule has 2 rings (SSSR count). The predicted molar refractivity (Wildman–Crippen MR) is 91.4 cm³/mol. The number of carbonyl (C=O) groups is 1. The zero-order chi connectivity index (χ0) is 19.9. The Balaban J connectivity index is 1.91. The molecular weight excluding hydrogens is 365 g/mol. The minimum absolute atomic E-state index is 0.00338. The third-order valence-corrected chi connectivity index (χ3v) is 3.47. The lowest BCUT2D eigenvalue weighted by Gasteiger charge is -2.09. The first-order valence-electron chi connectivity index (χ1n) is 8.12. The molecule has 146 valence electrons. The third kappa shape index (κ3) is 6.45. The Kier molecular flexibility index (Phi) is 7.00. The van der Waals surface area contributed by atoms with E-state index in [1.165, 1.54) is 24.3 Å². The van der Waals surface area contributed by atoms with Gasteiger partial charge in [0.1, 0.15) is 18.1 Å². The number of benzene rings is 1. The zero-order valence-electron chi connectivity index (χ0n) is 14.5. The van der Waals surface area contributed by atoms with E-state index in [0.717, 1.165) is 12.1 Å². The summed E-state index contributed by atoms with van der Waals surface area (Å²) >= 11 is 0. The molecule has 0 aliphatic rings. The Morgan fingerprint density at radius 3 is 2.78 bits per heavy atom. The van der Waals surface area contributed by atoms with E-state index in [-0.39, 0.29) is 30.5 Å². The monoisotopic (exact) mass is 384 g/mol. The lowest BCUT2D eigenvalue weighted by molar-refractivity contribution is -0.137. The average Bonchev–Trinajstić information content (AvgIpc) is 3.11. The van der Waals surface area contributed by atoms with Crippen molar-refractivity contribution in [1.82, 2.24) is 5.43 Å². The van der Waals surface area contributed by atoms with E-state index in [9.17, 15) is 18.0 Å². The molecule has 1 amide bonds. The maximum atomic E-state index is 12.7. The van der Waals surface area contributed by atoms with Crippen LogP contribution in [0.3, 0.4) is 0 Å². The van der Waals surface area contributed by atoms with Crippen molar-refractivity contribution in [2.75, 3.05) is 6.61 Å². The smallest absolute Gasteiger partial charge is 0.416 e. The predicted octanol–water partition coefficient (Wildman–Crippen LogP) is 3.76. The van der Waals surface area contributed by atoms with Gasteiger partial charge in [0.25, 0.3) is 0 Å². The van der Waals surface area contributed by atoms with Gasteiger partial charge in [-0.2, -0.15) is 18.3 Å². The molecule has 9 heteroatoms. The van der Waals surface area contributed by atoms with Crippen LogP contribution in [-0.4, -0.2) is 23.3 Å². The number of aliphatic hydroxyl groups is 1. The number of hydrazone groups is 1. The van der Waals surface area contributed by atoms with Crippen molar-refractivity contribution in [3.63, 3.8) is 0 Å². The Hall–Kier alpha value is -2.81. The lowest BCUT2D eigenvalue weighted by atomic mass is 10.2. The highest BCUT2D eigenvalue weighted by Gasteiger charge is 2.30. The van der Waals surface area contributed by atoms with Crippen LogP contribution < -0.4 is 10.2 Å². The highest BCUT2D eigenvalue weighted by molar-refractivity contribution is 5.92. The number of halogens is 3. The van der Waals surface area contributed by atoms with Gasteiger partial charge in [-0.05, 0) is 50.1 Å². The second kappa shape index (κ2) is 9.22. The number of rotatable bonds is 8. The van der Waals surface area contributed by atoms with Crippen molar-refractivity contribution >= 4 is 11.6 Å². The van der Waals surface area contributed by atoms with Gasteiger partial charge in [-0.25, -0.2) is 5.43 Å². The third-order valence-electron chi connectivity index (χ3n) is 3.47. The summed E-state index contributed by atoms with van der Waals surface area (Å²) in [6.45, 7) is 1.62. The number of hydrogen-bond donors (Lipinski definition) is 2. The Morgan fingerprint density at radius 2 is 2.07 bits per heavy atom. The van der Waals surface area contributed by atoms with E-state index in [1.54, 1.807) is 6.92 Å². The van der Waals surface area contributed by atoms with Crippen molar-refractivity contribution in [3.05, 3.63) is 53.5 Å². The normalized spacial score (nSPS) is 12.1. The number of alkyl halides is 3. The van der Waals surface area contributed by atoms with E-state index in [2.05, 4.69) is 10.5 Å². The number of nitrogens with zero attached hydrogens (tertiary/aromatic N) is 1. The highest BCUT2D eigenvalue weighted by Crippen LogP contribution is 2.31. The van der Waals surface area contributed by atoms with E-state index < -0.39 is 17.6 Å². The number of amides is 1. The quantitative estimate of drug-likeness (QED) is 0.536. The van der Waals surface area contributed by atoms with Gasteiger partial charge in [0.15, 0.2) is 5.76 Å². The summed E-state index contributed by atoms with van der Waals surface area (Å²) in [6, 6.07) is 7.39. The second-order valence-corrected chi connectivity index (χ2v) is 5.70. The van der Waals surface area contributed by atoms with E-state index in [0.29, 0.717) is 18.6 Å². The fourth-order valence-electron chi connectivity index (χ4n) is 2.09. The maximum Gasteiger partial charge on any atom is 0.416 e. The van der Waals surface area contributed by atoms with Crippen LogP contribution in [0.15, 0.2) is 45.9 Å². The molecule has 2 N–H and O–H groups in total. The van der Waals surface area contributed by atoms with Crippen LogP contribution in [0.25, 0.3) is 0 Å². The molecule has 0 atom stereocenters. The summed E-state index contributed by atoms with van der Waals surface area (Å²) in [7, 11) is 0. The van der Waals surface area contributed by atoms with Gasteiger partial charge in [-0.15, -0.1) is 0 Å². The van der Waals surface area contributed by atoms with Crippen molar-refractivity contribution in [1.29, 1.82) is 0 Å². The molecule has 0 unspecified atom stereocenters. The SMILES string of the molecule is CC(CCCO)=NNC(=O)c1ccc(COc2cccc(C(F)(F)F)c2)o1. The first-order chi connectivity index (χ1) is 12.8. The number of furan rings is 1. The molecule has 0 bridgehead atoms. The number of nitrogens with one attached hydrogen (secondary N) is 1. The lowest BCUT2D eigenvalue weighted by Crippen LogP contribution is -2.18. The van der Waals surface area contributed by atoms with Crippen LogP contribution in [0, 0.1) is 0 Å². The fourth-order valence-corrected chi connectivity index (χ4v) is 2.09. The van der Waals surface area contributed by atoms with Gasteiger partial charge in [0.05, 0.1) is 5.56 Å². The molecule has 27 heavy (non-hydrogen) atoms. The van der Waals surface area contributed by atoms with Gasteiger partial charge in [-0.1, -0.05) is 6.07 Å². The molecule has 1 aromatic carbocycles. The van der Waals surface area contributed by atoms with Gasteiger partial charge in [-0.3, -0.25) is 4.79 Å². The Morgan fingerprint density at radius 1 is 1.30 bits per heavy atom. The molecule has 0 aliphatic heterocycles.